The summed E-state index contributed by atoms with van der Waals surface area (Å²) < 4.78 is 382. The average molecular weight is 1060 g/mol. The van der Waals surface area contributed by atoms with E-state index in [0.29, 0.717) is 0 Å². The SMILES string of the molecule is O=C1c2cc(S(=O)(=O)OCC(F)(F)C(F)(F)C(F)(F)C(F)(F)C(F)(F)C(F)F)cc([N+](=O)[O-])c2-c2c1cc(S(=O)(=O)OCC(F)(F)C(F)(F)C(F)(F)C(F)(F)C(F)(F)C(F)F)cc2[N+](=O)[O-]. The van der Waals surface area contributed by atoms with Crippen molar-refractivity contribution < 1.29 is 145 Å². The first-order chi connectivity index (χ1) is 29.0. The molecule has 374 valence electrons. The van der Waals surface area contributed by atoms with Crippen LogP contribution in [0.3, 0.4) is 0 Å². The van der Waals surface area contributed by atoms with E-state index in [9.17, 15) is 147 Å². The molecule has 1 aliphatic rings. The van der Waals surface area contributed by atoms with Crippen LogP contribution in [0.25, 0.3) is 11.1 Å². The molecule has 0 saturated carbocycles. The number of fused-ring (bicyclic) bond motifs is 3. The van der Waals surface area contributed by atoms with Crippen LogP contribution >= 0.6 is 0 Å². The molecule has 0 N–H and O–H groups in total. The number of nitro groups is 2. The Morgan fingerprint density at radius 3 is 0.955 bits per heavy atom. The van der Waals surface area contributed by atoms with E-state index in [1.807, 2.05) is 0 Å². The highest BCUT2D eigenvalue weighted by atomic mass is 32.2. The minimum Gasteiger partial charge on any atom is -0.289 e. The van der Waals surface area contributed by atoms with Gasteiger partial charge in [-0.25, -0.2) is 17.6 Å². The Morgan fingerprint density at radius 1 is 0.470 bits per heavy atom. The minimum absolute atomic E-state index is 0.396. The van der Waals surface area contributed by atoms with Gasteiger partial charge < -0.3 is 0 Å². The lowest BCUT2D eigenvalue weighted by Crippen LogP contribution is -2.69. The molecule has 66 heavy (non-hydrogen) atoms. The quantitative estimate of drug-likeness (QED) is 0.0454. The Kier molecular flexibility index (Phi) is 13.5. The van der Waals surface area contributed by atoms with E-state index in [1.165, 1.54) is 0 Å². The molecule has 13 nitrogen and oxygen atoms in total. The van der Waals surface area contributed by atoms with Crippen LogP contribution in [0.2, 0.25) is 0 Å². The summed E-state index contributed by atoms with van der Waals surface area (Å²) in [6.45, 7) is -7.79. The van der Waals surface area contributed by atoms with Gasteiger partial charge in [-0.2, -0.15) is 105 Å². The van der Waals surface area contributed by atoms with Gasteiger partial charge in [0.15, 0.2) is 5.78 Å². The van der Waals surface area contributed by atoms with Crippen LogP contribution in [0, 0.1) is 20.2 Å². The summed E-state index contributed by atoms with van der Waals surface area (Å²) in [4.78, 5) is 28.9. The second kappa shape index (κ2) is 16.1. The van der Waals surface area contributed by atoms with E-state index in [4.69, 9.17) is 0 Å². The Hall–Kier alpha value is -4.95. The molecule has 3 rings (SSSR count). The molecule has 39 heteroatoms. The van der Waals surface area contributed by atoms with Crippen molar-refractivity contribution in [2.45, 2.75) is 81.9 Å². The van der Waals surface area contributed by atoms with E-state index in [0.717, 1.165) is 0 Å². The summed E-state index contributed by atoms with van der Waals surface area (Å²) in [5.74, 6) is -80.2. The lowest BCUT2D eigenvalue weighted by molar-refractivity contribution is -0.414. The minimum atomic E-state index is -8.23. The second-order valence-corrected chi connectivity index (χ2v) is 15.9. The van der Waals surface area contributed by atoms with Crippen molar-refractivity contribution in [1.82, 2.24) is 0 Å². The highest BCUT2D eigenvalue weighted by molar-refractivity contribution is 7.87. The molecular formula is C27H10F24N2O11S2. The average Bonchev–Trinajstić information content (AvgIpc) is 3.45. The molecule has 1 aliphatic carbocycles. The first-order valence-corrected chi connectivity index (χ1v) is 18.2. The first-order valence-electron chi connectivity index (χ1n) is 15.4. The Labute approximate surface area is 344 Å². The van der Waals surface area contributed by atoms with E-state index in [2.05, 4.69) is 8.37 Å². The first kappa shape index (κ1) is 55.4. The van der Waals surface area contributed by atoms with E-state index >= 15 is 0 Å². The van der Waals surface area contributed by atoms with Gasteiger partial charge in [-0.15, -0.1) is 0 Å². The summed E-state index contributed by atoms with van der Waals surface area (Å²) >= 11 is 0. The predicted molar refractivity (Wildman–Crippen MR) is 156 cm³/mol. The van der Waals surface area contributed by atoms with Crippen LogP contribution in [0.5, 0.6) is 0 Å². The summed E-state index contributed by atoms with van der Waals surface area (Å²) in [6, 6.07) is -1.83. The zero-order chi connectivity index (χ0) is 52.2. The summed E-state index contributed by atoms with van der Waals surface area (Å²) in [5, 5.41) is 23.8. The van der Waals surface area contributed by atoms with Crippen LogP contribution < -0.4 is 0 Å². The Bertz CT molecular complexity index is 2380. The molecule has 0 spiro atoms. The number of benzene rings is 2. The van der Waals surface area contributed by atoms with Crippen molar-refractivity contribution in [3.63, 3.8) is 0 Å². The fraction of sp³-hybridized carbons (Fsp3) is 0.519. The topological polar surface area (TPSA) is 190 Å². The van der Waals surface area contributed by atoms with E-state index < -0.39 is 189 Å². The largest absolute Gasteiger partial charge is 0.384 e. The van der Waals surface area contributed by atoms with Gasteiger partial charge in [0.2, 0.25) is 0 Å². The number of rotatable bonds is 20. The van der Waals surface area contributed by atoms with Crippen molar-refractivity contribution in [2.75, 3.05) is 13.2 Å². The molecule has 0 bridgehead atoms. The smallest absolute Gasteiger partial charge is 0.289 e. The van der Waals surface area contributed by atoms with Gasteiger partial charge in [-0.3, -0.25) is 33.4 Å². The molecule has 0 aliphatic heterocycles. The number of hydrogen-bond donors (Lipinski definition) is 0. The second-order valence-electron chi connectivity index (χ2n) is 12.7. The highest BCUT2D eigenvalue weighted by Gasteiger charge is 2.89. The fourth-order valence-electron chi connectivity index (χ4n) is 4.97. The maximum atomic E-state index is 14.3. The van der Waals surface area contributed by atoms with Crippen LogP contribution in [0.1, 0.15) is 15.9 Å². The molecule has 0 heterocycles. The molecule has 0 aromatic heterocycles. The molecule has 0 fully saturated rings. The molecule has 0 atom stereocenters. The van der Waals surface area contributed by atoms with E-state index in [-0.39, 0.29) is 0 Å². The number of carbonyl (C=O) groups excluding carboxylic acids is 1. The van der Waals surface area contributed by atoms with Crippen LogP contribution in [-0.4, -0.2) is 118 Å². The third-order valence-electron chi connectivity index (χ3n) is 8.56. The summed E-state index contributed by atoms with van der Waals surface area (Å²) in [6.07, 6.45) is -11.9. The summed E-state index contributed by atoms with van der Waals surface area (Å²) in [7, 11) is -13.2. The van der Waals surface area contributed by atoms with Gasteiger partial charge in [0.25, 0.3) is 31.6 Å². The Morgan fingerprint density at radius 2 is 0.727 bits per heavy atom. The fourth-order valence-corrected chi connectivity index (χ4v) is 6.89. The molecule has 2 aromatic carbocycles. The van der Waals surface area contributed by atoms with Gasteiger partial charge in [0.1, 0.15) is 23.0 Å². The highest BCUT2D eigenvalue weighted by Crippen LogP contribution is 2.60. The molecule has 0 unspecified atom stereocenters. The standard InChI is InChI=1S/C27H10F24N2O11S2/c28-16(29)20(36,37)24(44,45)26(48,49)22(40,41)18(32,33)5-63-65(59,60)7-1-9-13(11(3-7)52(55)56)14-10(15(9)54)2-8(4-12(14)53(57)58)66(61,62)64-6-19(34,35)23(42,43)27(50,51)25(46,47)21(38,39)17(30)31/h1-4,16-17H,5-6H2. The third kappa shape index (κ3) is 8.07. The predicted octanol–water partition coefficient (Wildman–Crippen LogP) is 9.01. The van der Waals surface area contributed by atoms with Crippen molar-refractivity contribution in [1.29, 1.82) is 0 Å². The summed E-state index contributed by atoms with van der Waals surface area (Å²) in [5.41, 5.74) is -10.6. The van der Waals surface area contributed by atoms with Crippen LogP contribution in [0.15, 0.2) is 34.1 Å². The van der Waals surface area contributed by atoms with Gasteiger partial charge in [-0.05, 0) is 12.1 Å². The van der Waals surface area contributed by atoms with Crippen LogP contribution in [-0.2, 0) is 28.6 Å². The number of alkyl halides is 24. The number of halogens is 24. The normalized spacial score (nSPS) is 15.4. The number of nitro benzene ring substituents is 2. The van der Waals surface area contributed by atoms with Crippen molar-refractivity contribution >= 4 is 37.4 Å². The maximum absolute atomic E-state index is 14.3. The number of ketones is 1. The monoisotopic (exact) mass is 1060 g/mol. The number of nitrogens with zero attached hydrogens (tertiary/aromatic N) is 2. The number of carbonyl (C=O) groups is 1. The Balaban J connectivity index is 2.12. The van der Waals surface area contributed by atoms with E-state index in [1.54, 1.807) is 0 Å². The molecule has 2 aromatic rings. The zero-order valence-corrected chi connectivity index (χ0v) is 31.3. The molecule has 0 amide bonds. The molecular weight excluding hydrogens is 1050 g/mol. The lowest BCUT2D eigenvalue weighted by Gasteiger charge is -2.38. The van der Waals surface area contributed by atoms with Gasteiger partial charge in [0.05, 0.1) is 21.0 Å². The van der Waals surface area contributed by atoms with Crippen LogP contribution in [0.4, 0.5) is 117 Å². The maximum Gasteiger partial charge on any atom is 0.384 e. The third-order valence-corrected chi connectivity index (χ3v) is 11.0. The van der Waals surface area contributed by atoms with Gasteiger partial charge >= 0.3 is 72.1 Å². The van der Waals surface area contributed by atoms with Crippen molar-refractivity contribution in [3.05, 3.63) is 55.6 Å². The molecule has 0 saturated heterocycles. The lowest BCUT2D eigenvalue weighted by atomic mass is 9.95. The zero-order valence-electron chi connectivity index (χ0n) is 29.7. The van der Waals surface area contributed by atoms with Crippen molar-refractivity contribution in [3.8, 4) is 11.1 Å². The van der Waals surface area contributed by atoms with Gasteiger partial charge in [-0.1, -0.05) is 0 Å². The van der Waals surface area contributed by atoms with Crippen molar-refractivity contribution in [2.24, 2.45) is 0 Å². The number of hydrogen-bond acceptors (Lipinski definition) is 11. The van der Waals surface area contributed by atoms with Gasteiger partial charge in [0, 0.05) is 23.3 Å². The molecule has 0 radical (unpaired) electrons.